The minimum absolute atomic E-state index is 0.182. The molecule has 26 heavy (non-hydrogen) atoms. The van der Waals surface area contributed by atoms with E-state index in [2.05, 4.69) is 6.58 Å². The second-order valence-corrected chi connectivity index (χ2v) is 5.91. The van der Waals surface area contributed by atoms with Crippen molar-refractivity contribution in [1.82, 2.24) is 5.01 Å². The molecule has 0 N–H and O–H groups in total. The Kier molecular flexibility index (Phi) is 4.92. The maximum absolute atomic E-state index is 12.6. The van der Waals surface area contributed by atoms with Gasteiger partial charge >= 0.3 is 12.2 Å². The molecule has 8 heteroatoms. The molecule has 1 fully saturated rings. The molecule has 1 unspecified atom stereocenters. The quantitative estimate of drug-likeness (QED) is 0.750. The van der Waals surface area contributed by atoms with Crippen molar-refractivity contribution in [2.45, 2.75) is 31.9 Å². The minimum atomic E-state index is -0.651. The molecule has 0 bridgehead atoms. The second-order valence-electron chi connectivity index (χ2n) is 5.91. The molecule has 1 aromatic rings. The van der Waals surface area contributed by atoms with Gasteiger partial charge in [-0.2, -0.15) is 5.01 Å². The van der Waals surface area contributed by atoms with Crippen molar-refractivity contribution in [3.8, 4) is 11.5 Å². The number of anilines is 1. The maximum Gasteiger partial charge on any atom is 0.433 e. The topological polar surface area (TPSA) is 77.5 Å². The van der Waals surface area contributed by atoms with E-state index in [9.17, 15) is 9.59 Å². The molecule has 1 aromatic carbocycles. The molecule has 2 heterocycles. The largest absolute Gasteiger partial charge is 0.493 e. The Bertz CT molecular complexity index is 735. The summed E-state index contributed by atoms with van der Waals surface area (Å²) in [4.78, 5) is 25.1. The summed E-state index contributed by atoms with van der Waals surface area (Å²) in [5.74, 6) is 1.00. The van der Waals surface area contributed by atoms with Crippen molar-refractivity contribution < 1.29 is 28.5 Å². The SMILES string of the molecule is C=CCC1OC(=O)N2[C@@H]1Cc1cc(OC)c(OC)cc1N2C(=O)OCC. The highest BCUT2D eigenvalue weighted by atomic mass is 16.6. The van der Waals surface area contributed by atoms with E-state index in [-0.39, 0.29) is 12.6 Å². The number of nitrogens with zero attached hydrogens (tertiary/aromatic N) is 2. The number of ether oxygens (including phenoxy) is 4. The van der Waals surface area contributed by atoms with Gasteiger partial charge in [-0.15, -0.1) is 6.58 Å². The lowest BCUT2D eigenvalue weighted by atomic mass is 9.95. The van der Waals surface area contributed by atoms with Gasteiger partial charge in [0.25, 0.3) is 0 Å². The lowest BCUT2D eigenvalue weighted by Gasteiger charge is -2.39. The lowest BCUT2D eigenvalue weighted by molar-refractivity contribution is 0.122. The number of carbonyl (C=O) groups is 2. The Morgan fingerprint density at radius 3 is 2.65 bits per heavy atom. The molecular formula is C18H22N2O6. The molecule has 2 atom stereocenters. The molecule has 0 spiro atoms. The minimum Gasteiger partial charge on any atom is -0.493 e. The van der Waals surface area contributed by atoms with E-state index in [0.717, 1.165) is 5.56 Å². The van der Waals surface area contributed by atoms with Crippen LogP contribution in [0.2, 0.25) is 0 Å². The number of benzene rings is 1. The molecule has 1 saturated heterocycles. The van der Waals surface area contributed by atoms with E-state index in [1.54, 1.807) is 26.2 Å². The van der Waals surface area contributed by atoms with Crippen LogP contribution in [0.25, 0.3) is 0 Å². The normalized spacial score (nSPS) is 20.8. The summed E-state index contributed by atoms with van der Waals surface area (Å²) in [5.41, 5.74) is 1.35. The van der Waals surface area contributed by atoms with Gasteiger partial charge in [-0.25, -0.2) is 14.6 Å². The van der Waals surface area contributed by atoms with Crippen LogP contribution in [-0.2, 0) is 15.9 Å². The fourth-order valence-electron chi connectivity index (χ4n) is 3.36. The third kappa shape index (κ3) is 2.81. The van der Waals surface area contributed by atoms with Crippen molar-refractivity contribution in [3.63, 3.8) is 0 Å². The highest BCUT2D eigenvalue weighted by molar-refractivity contribution is 5.93. The first-order valence-electron chi connectivity index (χ1n) is 8.38. The number of carbonyl (C=O) groups excluding carboxylic acids is 2. The van der Waals surface area contributed by atoms with Gasteiger partial charge in [-0.05, 0) is 18.6 Å². The number of hydrogen-bond acceptors (Lipinski definition) is 6. The van der Waals surface area contributed by atoms with Crippen LogP contribution in [0, 0.1) is 0 Å². The summed E-state index contributed by atoms with van der Waals surface area (Å²) in [7, 11) is 3.06. The van der Waals surface area contributed by atoms with Gasteiger partial charge in [0, 0.05) is 18.9 Å². The van der Waals surface area contributed by atoms with Crippen molar-refractivity contribution in [2.75, 3.05) is 25.8 Å². The number of hydrogen-bond donors (Lipinski definition) is 0. The number of fused-ring (bicyclic) bond motifs is 2. The molecule has 0 aliphatic carbocycles. The summed E-state index contributed by atoms with van der Waals surface area (Å²) < 4.78 is 21.3. The first kappa shape index (κ1) is 17.9. The maximum atomic E-state index is 12.6. The van der Waals surface area contributed by atoms with E-state index < -0.39 is 18.3 Å². The smallest absolute Gasteiger partial charge is 0.433 e. The van der Waals surface area contributed by atoms with E-state index in [0.29, 0.717) is 30.0 Å². The van der Waals surface area contributed by atoms with Crippen LogP contribution >= 0.6 is 0 Å². The Labute approximate surface area is 151 Å². The van der Waals surface area contributed by atoms with Crippen molar-refractivity contribution >= 4 is 17.9 Å². The van der Waals surface area contributed by atoms with Crippen molar-refractivity contribution in [1.29, 1.82) is 0 Å². The fourth-order valence-corrected chi connectivity index (χ4v) is 3.36. The zero-order valence-corrected chi connectivity index (χ0v) is 15.1. The second kappa shape index (κ2) is 7.15. The van der Waals surface area contributed by atoms with Crippen LogP contribution in [0.5, 0.6) is 11.5 Å². The van der Waals surface area contributed by atoms with Crippen LogP contribution in [0.1, 0.15) is 18.9 Å². The van der Waals surface area contributed by atoms with E-state index in [1.165, 1.54) is 17.1 Å². The molecule has 8 nitrogen and oxygen atoms in total. The van der Waals surface area contributed by atoms with Crippen LogP contribution in [0.15, 0.2) is 24.8 Å². The third-order valence-corrected chi connectivity index (χ3v) is 4.48. The van der Waals surface area contributed by atoms with Gasteiger partial charge in [-0.1, -0.05) is 6.08 Å². The zero-order valence-electron chi connectivity index (χ0n) is 15.1. The van der Waals surface area contributed by atoms with Crippen LogP contribution in [0.3, 0.4) is 0 Å². The monoisotopic (exact) mass is 362 g/mol. The van der Waals surface area contributed by atoms with Crippen LogP contribution in [0.4, 0.5) is 15.3 Å². The molecule has 0 saturated carbocycles. The molecular weight excluding hydrogens is 340 g/mol. The molecule has 140 valence electrons. The summed E-state index contributed by atoms with van der Waals surface area (Å²) in [5, 5.41) is 2.54. The van der Waals surface area contributed by atoms with E-state index in [1.807, 2.05) is 6.07 Å². The number of hydrazine groups is 1. The van der Waals surface area contributed by atoms with Crippen molar-refractivity contribution in [3.05, 3.63) is 30.4 Å². The first-order valence-corrected chi connectivity index (χ1v) is 8.38. The van der Waals surface area contributed by atoms with Gasteiger partial charge < -0.3 is 18.9 Å². The molecule has 0 radical (unpaired) electrons. The van der Waals surface area contributed by atoms with E-state index in [4.69, 9.17) is 18.9 Å². The average Bonchev–Trinajstić information content (AvgIpc) is 2.94. The predicted octanol–water partition coefficient (Wildman–Crippen LogP) is 2.90. The Morgan fingerprint density at radius 1 is 1.35 bits per heavy atom. The van der Waals surface area contributed by atoms with Crippen LogP contribution < -0.4 is 14.5 Å². The van der Waals surface area contributed by atoms with Gasteiger partial charge in [0.1, 0.15) is 6.10 Å². The third-order valence-electron chi connectivity index (χ3n) is 4.48. The average molecular weight is 362 g/mol. The predicted molar refractivity (Wildman–Crippen MR) is 93.5 cm³/mol. The van der Waals surface area contributed by atoms with Crippen molar-refractivity contribution in [2.24, 2.45) is 0 Å². The van der Waals surface area contributed by atoms with E-state index >= 15 is 0 Å². The first-order chi connectivity index (χ1) is 12.5. The Hall–Kier alpha value is -2.90. The number of cyclic esters (lactones) is 1. The molecule has 2 aliphatic heterocycles. The summed E-state index contributed by atoms with van der Waals surface area (Å²) in [6.45, 7) is 5.60. The summed E-state index contributed by atoms with van der Waals surface area (Å²) in [6.07, 6.45) is 1.07. The van der Waals surface area contributed by atoms with Gasteiger partial charge in [-0.3, -0.25) is 0 Å². The summed E-state index contributed by atoms with van der Waals surface area (Å²) >= 11 is 0. The molecule has 2 aliphatic rings. The Balaban J connectivity index is 2.12. The molecule has 2 amide bonds. The molecule has 0 aromatic heterocycles. The lowest BCUT2D eigenvalue weighted by Crippen LogP contribution is -2.56. The van der Waals surface area contributed by atoms with Gasteiger partial charge in [0.05, 0.1) is 32.6 Å². The highest BCUT2D eigenvalue weighted by Gasteiger charge is 2.50. The number of methoxy groups -OCH3 is 2. The van der Waals surface area contributed by atoms with Gasteiger partial charge in [0.15, 0.2) is 11.5 Å². The number of amides is 2. The highest BCUT2D eigenvalue weighted by Crippen LogP contribution is 2.43. The fraction of sp³-hybridized carbons (Fsp3) is 0.444. The van der Waals surface area contributed by atoms with Crippen LogP contribution in [-0.4, -0.2) is 50.2 Å². The zero-order chi connectivity index (χ0) is 18.8. The number of rotatable bonds is 5. The summed E-state index contributed by atoms with van der Waals surface area (Å²) in [6, 6.07) is 3.14. The molecule has 3 rings (SSSR count). The standard InChI is InChI=1S/C18H22N2O6/c1-5-7-14-13-8-11-9-15(23-3)16(24-4)10-12(11)19(17(21)25-6-2)20(13)18(22)26-14/h5,9-10,13-14H,1,6-8H2,2-4H3/t13-,14?/m1/s1. The Morgan fingerprint density at radius 2 is 2.04 bits per heavy atom. The van der Waals surface area contributed by atoms with Gasteiger partial charge in [0.2, 0.25) is 0 Å².